The first-order valence-corrected chi connectivity index (χ1v) is 2.16. The second-order valence-electron chi connectivity index (χ2n) is 1.35. The maximum atomic E-state index is 10.3. The third kappa shape index (κ3) is 5.03. The number of hydrogen-bond acceptors (Lipinski definition) is 2. The van der Waals surface area contributed by atoms with E-state index in [0.29, 0.717) is 5.57 Å². The van der Waals surface area contributed by atoms with Gasteiger partial charge in [0.15, 0.2) is 0 Å². The van der Waals surface area contributed by atoms with Gasteiger partial charge in [0, 0.05) is 5.57 Å². The largest absolute Gasteiger partial charge is 0.432 e. The van der Waals surface area contributed by atoms with Crippen LogP contribution in [0, 0.1) is 0 Å². The van der Waals surface area contributed by atoms with Crippen LogP contribution in [0.25, 0.3) is 0 Å². The average Bonchev–Trinajstić information content (AvgIpc) is 1.67. The van der Waals surface area contributed by atoms with Crippen molar-refractivity contribution in [3.63, 3.8) is 0 Å². The molecule has 0 aliphatic rings. The summed E-state index contributed by atoms with van der Waals surface area (Å²) in [4.78, 5) is 10.3. The third-order valence-corrected chi connectivity index (χ3v) is 0.539. The van der Waals surface area contributed by atoms with E-state index in [0.717, 1.165) is 6.26 Å². The number of rotatable bonds is 2. The molecular weight excluding hydrogens is 132 g/mol. The molecule has 0 N–H and O–H groups in total. The maximum Gasteiger partial charge on any atom is 0.337 e. The van der Waals surface area contributed by atoms with Crippen LogP contribution < -0.4 is 0 Å². The lowest BCUT2D eigenvalue weighted by Gasteiger charge is -1.92. The Morgan fingerprint density at radius 3 is 2.22 bits per heavy atom. The van der Waals surface area contributed by atoms with E-state index in [4.69, 9.17) is 0 Å². The Morgan fingerprint density at radius 2 is 2.11 bits per heavy atom. The van der Waals surface area contributed by atoms with Crippen LogP contribution in [0.2, 0.25) is 0 Å². The first-order chi connectivity index (χ1) is 3.68. The fourth-order valence-corrected chi connectivity index (χ4v) is 0.176. The Bertz CT molecular complexity index is 129. The lowest BCUT2D eigenvalue weighted by atomic mass is 10.4. The zero-order valence-electron chi connectivity index (χ0n) is 4.81. The molecule has 0 spiro atoms. The third-order valence-electron chi connectivity index (χ3n) is 0.539. The molecule has 0 rings (SSSR count). The number of esters is 1. The molecule has 0 radical (unpaired) electrons. The van der Waals surface area contributed by atoms with E-state index >= 15 is 0 Å². The summed E-state index contributed by atoms with van der Waals surface area (Å²) in [5, 5.41) is 0. The van der Waals surface area contributed by atoms with Gasteiger partial charge in [-0.3, -0.25) is 0 Å². The van der Waals surface area contributed by atoms with Gasteiger partial charge in [0.2, 0.25) is 0 Å². The molecule has 0 aromatic heterocycles. The highest BCUT2D eigenvalue weighted by atomic mass is 28.1. The van der Waals surface area contributed by atoms with Crippen molar-refractivity contribution in [2.24, 2.45) is 0 Å². The van der Waals surface area contributed by atoms with Crippen LogP contribution in [0.15, 0.2) is 25.0 Å². The van der Waals surface area contributed by atoms with Gasteiger partial charge in [-0.1, -0.05) is 13.2 Å². The van der Waals surface area contributed by atoms with E-state index in [1.807, 2.05) is 0 Å². The molecule has 52 valence electrons. The predicted octanol–water partition coefficient (Wildman–Crippen LogP) is -0.202. The number of carbonyl (C=O) groups is 1. The molecule has 0 aromatic rings. The van der Waals surface area contributed by atoms with Gasteiger partial charge in [0.1, 0.15) is 0 Å². The predicted molar refractivity (Wildman–Crippen MR) is 42.4 cm³/mol. The SMILES string of the molecule is C=COC(=O)C(=C)C.[SiH4]. The molecule has 0 amide bonds. The topological polar surface area (TPSA) is 26.3 Å². The molecular formula is C6H12O2Si. The molecule has 9 heavy (non-hydrogen) atoms. The Morgan fingerprint density at radius 1 is 1.67 bits per heavy atom. The zero-order valence-corrected chi connectivity index (χ0v) is 4.81. The maximum absolute atomic E-state index is 10.3. The molecule has 0 atom stereocenters. The number of hydrogen-bond donors (Lipinski definition) is 0. The summed E-state index contributed by atoms with van der Waals surface area (Å²) in [6.07, 6.45) is 1.08. The average molecular weight is 144 g/mol. The second kappa shape index (κ2) is 5.31. The van der Waals surface area contributed by atoms with E-state index < -0.39 is 5.97 Å². The molecule has 0 saturated carbocycles. The highest BCUT2D eigenvalue weighted by molar-refractivity contribution is 5.87. The van der Waals surface area contributed by atoms with Crippen molar-refractivity contribution < 1.29 is 9.53 Å². The standard InChI is InChI=1S/C6H8O2.H4Si/c1-4-8-6(7)5(2)3;/h4H,1-2H2,3H3;1H4. The molecule has 0 unspecified atom stereocenters. The van der Waals surface area contributed by atoms with Gasteiger partial charge in [-0.25, -0.2) is 4.79 Å². The van der Waals surface area contributed by atoms with Gasteiger partial charge in [-0.05, 0) is 17.9 Å². The molecule has 0 aliphatic heterocycles. The first kappa shape index (κ1) is 11.0. The van der Waals surface area contributed by atoms with Gasteiger partial charge in [-0.15, -0.1) is 0 Å². The van der Waals surface area contributed by atoms with Crippen LogP contribution >= 0.6 is 0 Å². The highest BCUT2D eigenvalue weighted by Crippen LogP contribution is 1.90. The van der Waals surface area contributed by atoms with Crippen LogP contribution in [0.3, 0.4) is 0 Å². The van der Waals surface area contributed by atoms with Gasteiger partial charge in [0.05, 0.1) is 6.26 Å². The summed E-state index contributed by atoms with van der Waals surface area (Å²) in [7, 11) is 0. The van der Waals surface area contributed by atoms with Crippen molar-refractivity contribution in [2.45, 2.75) is 6.92 Å². The van der Waals surface area contributed by atoms with E-state index in [1.165, 1.54) is 0 Å². The van der Waals surface area contributed by atoms with Gasteiger partial charge < -0.3 is 4.74 Å². The van der Waals surface area contributed by atoms with Crippen molar-refractivity contribution in [3.05, 3.63) is 25.0 Å². The van der Waals surface area contributed by atoms with Crippen LogP contribution in [-0.2, 0) is 9.53 Å². The summed E-state index contributed by atoms with van der Waals surface area (Å²) >= 11 is 0. The van der Waals surface area contributed by atoms with Crippen molar-refractivity contribution in [1.82, 2.24) is 0 Å². The van der Waals surface area contributed by atoms with Crippen LogP contribution in [0.1, 0.15) is 6.92 Å². The minimum Gasteiger partial charge on any atom is -0.432 e. The molecule has 3 heteroatoms. The van der Waals surface area contributed by atoms with Crippen molar-refractivity contribution in [3.8, 4) is 0 Å². The van der Waals surface area contributed by atoms with Crippen LogP contribution in [0.4, 0.5) is 0 Å². The van der Waals surface area contributed by atoms with Crippen LogP contribution in [-0.4, -0.2) is 16.9 Å². The fraction of sp³-hybridized carbons (Fsp3) is 0.167. The van der Waals surface area contributed by atoms with Gasteiger partial charge in [-0.2, -0.15) is 0 Å². The van der Waals surface area contributed by atoms with E-state index in [2.05, 4.69) is 17.9 Å². The van der Waals surface area contributed by atoms with Gasteiger partial charge in [0.25, 0.3) is 0 Å². The molecule has 2 nitrogen and oxygen atoms in total. The molecule has 0 bridgehead atoms. The second-order valence-corrected chi connectivity index (χ2v) is 1.35. The normalized spacial score (nSPS) is 6.78. The summed E-state index contributed by atoms with van der Waals surface area (Å²) in [5.41, 5.74) is 0.380. The molecule has 0 aliphatic carbocycles. The minimum absolute atomic E-state index is 0. The summed E-state index contributed by atoms with van der Waals surface area (Å²) in [6.45, 7) is 8.13. The van der Waals surface area contributed by atoms with E-state index in [9.17, 15) is 4.79 Å². The quantitative estimate of drug-likeness (QED) is 0.232. The van der Waals surface area contributed by atoms with Gasteiger partial charge >= 0.3 is 5.97 Å². The minimum atomic E-state index is -0.431. The summed E-state index contributed by atoms with van der Waals surface area (Å²) in [5.74, 6) is -0.431. The highest BCUT2D eigenvalue weighted by Gasteiger charge is 1.97. The Hall–Kier alpha value is -0.833. The molecule has 0 aromatic carbocycles. The smallest absolute Gasteiger partial charge is 0.337 e. The molecule has 0 fully saturated rings. The summed E-state index contributed by atoms with van der Waals surface area (Å²) in [6, 6.07) is 0. The molecule has 0 saturated heterocycles. The van der Waals surface area contributed by atoms with Crippen LogP contribution in [0.5, 0.6) is 0 Å². The van der Waals surface area contributed by atoms with E-state index in [-0.39, 0.29) is 11.0 Å². The Balaban J connectivity index is 0. The van der Waals surface area contributed by atoms with Crippen molar-refractivity contribution in [1.29, 1.82) is 0 Å². The fourth-order valence-electron chi connectivity index (χ4n) is 0.176. The number of carbonyl (C=O) groups excluding carboxylic acids is 1. The lowest BCUT2D eigenvalue weighted by molar-refractivity contribution is -0.133. The summed E-state index contributed by atoms with van der Waals surface area (Å²) < 4.78 is 4.33. The van der Waals surface area contributed by atoms with Crippen molar-refractivity contribution >= 4 is 16.9 Å². The van der Waals surface area contributed by atoms with Crippen molar-refractivity contribution in [2.75, 3.05) is 0 Å². The Kier molecular flexibility index (Phi) is 6.50. The van der Waals surface area contributed by atoms with E-state index in [1.54, 1.807) is 6.92 Å². The first-order valence-electron chi connectivity index (χ1n) is 2.16. The monoisotopic (exact) mass is 144 g/mol. The Labute approximate surface area is 59.2 Å². The molecule has 0 heterocycles. The lowest BCUT2D eigenvalue weighted by Crippen LogP contribution is -1.98. The zero-order chi connectivity index (χ0) is 6.57. The number of ether oxygens (including phenoxy) is 1.